The molecule has 9 heteroatoms. The van der Waals surface area contributed by atoms with Gasteiger partial charge in [0.25, 0.3) is 0 Å². The molecule has 226 valence electrons. The van der Waals surface area contributed by atoms with Crippen LogP contribution in [-0.4, -0.2) is 52.9 Å². The molecule has 40 heavy (non-hydrogen) atoms. The summed E-state index contributed by atoms with van der Waals surface area (Å²) >= 11 is 0. The van der Waals surface area contributed by atoms with Crippen molar-refractivity contribution in [3.8, 4) is 0 Å². The Morgan fingerprint density at radius 3 is 2.02 bits per heavy atom. The number of alkyl carbamates (subject to hydrolysis) is 1. The fraction of sp³-hybridized carbons (Fsp3) is 0.677. The summed E-state index contributed by atoms with van der Waals surface area (Å²) in [7, 11) is 0. The molecule has 0 saturated heterocycles. The second kappa shape index (κ2) is 16.9. The molecule has 2 atom stereocenters. The van der Waals surface area contributed by atoms with Gasteiger partial charge in [-0.2, -0.15) is 0 Å². The summed E-state index contributed by atoms with van der Waals surface area (Å²) in [4.78, 5) is 53.8. The quantitative estimate of drug-likeness (QED) is 0.239. The fourth-order valence-electron chi connectivity index (χ4n) is 4.63. The number of nitrogens with one attached hydrogen (secondary N) is 2. The molecule has 2 unspecified atom stereocenters. The standard InChI is InChI=1S/C31H52N4O5/c1-9-10-11-12-13-14-17-35(27(28(37)33-21(2)3)24-19-22(4)18-23(5)20-24)29(38)25(15-16-26(32)36)34-30(39)40-31(6,7)8/h18-21,25,27H,9-17H2,1-8H3,(H2,32,36)(H,33,37)(H,34,39). The van der Waals surface area contributed by atoms with Crippen LogP contribution >= 0.6 is 0 Å². The van der Waals surface area contributed by atoms with E-state index in [0.717, 1.165) is 43.2 Å². The summed E-state index contributed by atoms with van der Waals surface area (Å²) in [5, 5.41) is 5.62. The number of benzene rings is 1. The van der Waals surface area contributed by atoms with E-state index in [-0.39, 0.29) is 24.8 Å². The highest BCUT2D eigenvalue weighted by molar-refractivity contribution is 5.92. The average Bonchev–Trinajstić information content (AvgIpc) is 2.80. The molecule has 0 aliphatic rings. The van der Waals surface area contributed by atoms with E-state index in [1.165, 1.54) is 0 Å². The Morgan fingerprint density at radius 1 is 0.925 bits per heavy atom. The Balaban J connectivity index is 3.51. The lowest BCUT2D eigenvalue weighted by Crippen LogP contribution is -2.54. The van der Waals surface area contributed by atoms with E-state index in [4.69, 9.17) is 10.5 Å². The van der Waals surface area contributed by atoms with Crippen LogP contribution in [0.2, 0.25) is 0 Å². The number of unbranched alkanes of at least 4 members (excludes halogenated alkanes) is 5. The zero-order chi connectivity index (χ0) is 30.5. The van der Waals surface area contributed by atoms with Gasteiger partial charge in [0.05, 0.1) is 0 Å². The highest BCUT2D eigenvalue weighted by Gasteiger charge is 2.36. The van der Waals surface area contributed by atoms with Crippen molar-refractivity contribution < 1.29 is 23.9 Å². The lowest BCUT2D eigenvalue weighted by atomic mass is 9.97. The summed E-state index contributed by atoms with van der Waals surface area (Å²) in [6.45, 7) is 15.3. The van der Waals surface area contributed by atoms with E-state index in [2.05, 4.69) is 17.6 Å². The van der Waals surface area contributed by atoms with Crippen LogP contribution in [0, 0.1) is 13.8 Å². The van der Waals surface area contributed by atoms with Crippen LogP contribution in [0.4, 0.5) is 4.79 Å². The monoisotopic (exact) mass is 560 g/mol. The van der Waals surface area contributed by atoms with Gasteiger partial charge in [0, 0.05) is 19.0 Å². The van der Waals surface area contributed by atoms with Gasteiger partial charge in [-0.3, -0.25) is 14.4 Å². The number of aryl methyl sites for hydroxylation is 2. The van der Waals surface area contributed by atoms with Crippen LogP contribution < -0.4 is 16.4 Å². The number of nitrogens with two attached hydrogens (primary N) is 1. The molecule has 0 aromatic heterocycles. The molecule has 9 nitrogen and oxygen atoms in total. The molecule has 4 N–H and O–H groups in total. The smallest absolute Gasteiger partial charge is 0.408 e. The summed E-state index contributed by atoms with van der Waals surface area (Å²) in [6, 6.07) is 3.69. The molecule has 0 saturated carbocycles. The molecule has 1 aromatic rings. The number of hydrogen-bond donors (Lipinski definition) is 3. The maximum atomic E-state index is 14.2. The van der Waals surface area contributed by atoms with Gasteiger partial charge < -0.3 is 26.0 Å². The first-order valence-corrected chi connectivity index (χ1v) is 14.6. The molecular weight excluding hydrogens is 508 g/mol. The van der Waals surface area contributed by atoms with Gasteiger partial charge in [-0.1, -0.05) is 68.4 Å². The van der Waals surface area contributed by atoms with Crippen molar-refractivity contribution in [1.82, 2.24) is 15.5 Å². The third kappa shape index (κ3) is 13.3. The number of primary amides is 1. The highest BCUT2D eigenvalue weighted by Crippen LogP contribution is 2.26. The van der Waals surface area contributed by atoms with Crippen LogP contribution in [0.3, 0.4) is 0 Å². The Kier molecular flexibility index (Phi) is 14.7. The first-order valence-electron chi connectivity index (χ1n) is 14.6. The van der Waals surface area contributed by atoms with Crippen molar-refractivity contribution in [2.24, 2.45) is 5.73 Å². The highest BCUT2D eigenvalue weighted by atomic mass is 16.6. The summed E-state index contributed by atoms with van der Waals surface area (Å²) in [5.74, 6) is -1.34. The second-order valence-corrected chi connectivity index (χ2v) is 12.0. The molecule has 0 aliphatic carbocycles. The van der Waals surface area contributed by atoms with Crippen molar-refractivity contribution in [1.29, 1.82) is 0 Å². The molecule has 0 radical (unpaired) electrons. The molecule has 4 amide bonds. The summed E-state index contributed by atoms with van der Waals surface area (Å²) < 4.78 is 5.40. The SMILES string of the molecule is CCCCCCCCN(C(=O)C(CCC(N)=O)NC(=O)OC(C)(C)C)C(C(=O)NC(C)C)c1cc(C)cc(C)c1. The number of rotatable bonds is 16. The average molecular weight is 561 g/mol. The van der Waals surface area contributed by atoms with E-state index < -0.39 is 35.6 Å². The number of nitrogens with zero attached hydrogens (tertiary/aromatic N) is 1. The van der Waals surface area contributed by atoms with Crippen molar-refractivity contribution in [2.75, 3.05) is 6.54 Å². The van der Waals surface area contributed by atoms with E-state index in [1.807, 2.05) is 45.9 Å². The largest absolute Gasteiger partial charge is 0.444 e. The van der Waals surface area contributed by atoms with Gasteiger partial charge in [-0.25, -0.2) is 4.79 Å². The Bertz CT molecular complexity index is 966. The topological polar surface area (TPSA) is 131 Å². The Labute approximate surface area is 241 Å². The maximum Gasteiger partial charge on any atom is 0.408 e. The lowest BCUT2D eigenvalue weighted by Gasteiger charge is -2.35. The minimum atomic E-state index is -1.09. The Morgan fingerprint density at radius 2 is 1.50 bits per heavy atom. The van der Waals surface area contributed by atoms with E-state index in [0.29, 0.717) is 18.5 Å². The zero-order valence-corrected chi connectivity index (χ0v) is 25.9. The number of ether oxygens (including phenoxy) is 1. The maximum absolute atomic E-state index is 14.2. The van der Waals surface area contributed by atoms with Gasteiger partial charge >= 0.3 is 6.09 Å². The third-order valence-electron chi connectivity index (χ3n) is 6.25. The van der Waals surface area contributed by atoms with Gasteiger partial charge in [0.1, 0.15) is 17.7 Å². The minimum Gasteiger partial charge on any atom is -0.444 e. The predicted octanol–water partition coefficient (Wildman–Crippen LogP) is 5.22. The second-order valence-electron chi connectivity index (χ2n) is 12.0. The minimum absolute atomic E-state index is 0.00816. The number of carbonyl (C=O) groups is 4. The molecule has 0 heterocycles. The lowest BCUT2D eigenvalue weighted by molar-refractivity contribution is -0.143. The molecule has 1 rings (SSSR count). The number of carbonyl (C=O) groups excluding carboxylic acids is 4. The molecule has 0 aliphatic heterocycles. The van der Waals surface area contributed by atoms with Crippen LogP contribution in [0.25, 0.3) is 0 Å². The van der Waals surface area contributed by atoms with E-state index in [1.54, 1.807) is 25.7 Å². The molecule has 0 spiro atoms. The van der Waals surface area contributed by atoms with E-state index in [9.17, 15) is 19.2 Å². The normalized spacial score (nSPS) is 12.9. The zero-order valence-electron chi connectivity index (χ0n) is 25.9. The third-order valence-corrected chi connectivity index (χ3v) is 6.25. The summed E-state index contributed by atoms with van der Waals surface area (Å²) in [6.07, 6.45) is 5.14. The van der Waals surface area contributed by atoms with Gasteiger partial charge in [0.15, 0.2) is 0 Å². The van der Waals surface area contributed by atoms with Crippen LogP contribution in [-0.2, 0) is 19.1 Å². The molecule has 1 aromatic carbocycles. The van der Waals surface area contributed by atoms with Crippen LogP contribution in [0.15, 0.2) is 18.2 Å². The van der Waals surface area contributed by atoms with E-state index >= 15 is 0 Å². The van der Waals surface area contributed by atoms with Gasteiger partial charge in [0.2, 0.25) is 17.7 Å². The van der Waals surface area contributed by atoms with Gasteiger partial charge in [-0.15, -0.1) is 0 Å². The Hall–Kier alpha value is -3.10. The predicted molar refractivity (Wildman–Crippen MR) is 159 cm³/mol. The van der Waals surface area contributed by atoms with Crippen molar-refractivity contribution in [3.63, 3.8) is 0 Å². The van der Waals surface area contributed by atoms with Crippen molar-refractivity contribution in [3.05, 3.63) is 34.9 Å². The molecule has 0 fully saturated rings. The van der Waals surface area contributed by atoms with Crippen molar-refractivity contribution >= 4 is 23.8 Å². The van der Waals surface area contributed by atoms with Gasteiger partial charge in [-0.05, 0) is 66.9 Å². The van der Waals surface area contributed by atoms with Crippen LogP contribution in [0.5, 0.6) is 0 Å². The number of hydrogen-bond acceptors (Lipinski definition) is 5. The van der Waals surface area contributed by atoms with Crippen molar-refractivity contribution in [2.45, 2.75) is 130 Å². The number of amides is 4. The summed E-state index contributed by atoms with van der Waals surface area (Å²) in [5.41, 5.74) is 7.27. The molecular formula is C31H52N4O5. The first-order chi connectivity index (χ1) is 18.6. The fourth-order valence-corrected chi connectivity index (χ4v) is 4.63. The van der Waals surface area contributed by atoms with Crippen LogP contribution in [0.1, 0.15) is 116 Å². The molecule has 0 bridgehead atoms. The first kappa shape index (κ1) is 34.9.